The monoisotopic (exact) mass is 697 g/mol. The number of hydrogen-bond donors (Lipinski definition) is 7. The highest BCUT2D eigenvalue weighted by atomic mass is 16.7. The van der Waals surface area contributed by atoms with Gasteiger partial charge in [0.15, 0.2) is 6.29 Å². The number of methoxy groups -OCH3 is 1. The van der Waals surface area contributed by atoms with Gasteiger partial charge < -0.3 is 69.5 Å². The van der Waals surface area contributed by atoms with Gasteiger partial charge in [0.05, 0.1) is 60.0 Å². The van der Waals surface area contributed by atoms with E-state index in [9.17, 15) is 34.8 Å². The second-order valence-corrected chi connectivity index (χ2v) is 11.1. The van der Waals surface area contributed by atoms with E-state index in [1.807, 2.05) is 0 Å². The molecule has 0 radical (unpaired) electrons. The largest absolute Gasteiger partial charge is 0.453 e. The van der Waals surface area contributed by atoms with E-state index < -0.39 is 43.4 Å². The van der Waals surface area contributed by atoms with E-state index in [1.165, 1.54) is 7.11 Å². The molecule has 3 unspecified atom stereocenters. The van der Waals surface area contributed by atoms with Crippen LogP contribution >= 0.6 is 0 Å². The number of carbonyl (C=O) groups excluding carboxylic acids is 3. The Morgan fingerprint density at radius 3 is 1.77 bits per heavy atom. The molecule has 0 aromatic heterocycles. The maximum atomic E-state index is 11.9. The van der Waals surface area contributed by atoms with Crippen LogP contribution in [0.5, 0.6) is 0 Å². The van der Waals surface area contributed by atoms with Gasteiger partial charge in [0.2, 0.25) is 11.8 Å². The zero-order valence-electron chi connectivity index (χ0n) is 28.3. The number of ether oxygens (including phenoxy) is 7. The first-order valence-corrected chi connectivity index (χ1v) is 16.9. The van der Waals surface area contributed by atoms with Crippen molar-refractivity contribution in [1.29, 1.82) is 0 Å². The summed E-state index contributed by atoms with van der Waals surface area (Å²) in [6.45, 7) is 4.33. The molecule has 1 aliphatic heterocycles. The molecular formula is C31H59N3O14. The third-order valence-electron chi connectivity index (χ3n) is 7.19. The number of amides is 3. The fourth-order valence-electron chi connectivity index (χ4n) is 4.43. The number of carbonyl (C=O) groups is 3. The zero-order valence-corrected chi connectivity index (χ0v) is 28.3. The summed E-state index contributed by atoms with van der Waals surface area (Å²) in [4.78, 5) is 34.7. The molecule has 1 fully saturated rings. The summed E-state index contributed by atoms with van der Waals surface area (Å²) in [5, 5.41) is 46.9. The molecule has 5 atom stereocenters. The Bertz CT molecular complexity index is 825. The standard InChI is InChI=1S/C31H59N3O14/c1-42-31(41)34-11-6-2-4-9-25(36)32-12-8-15-44-18-17-43-14-7-3-5-10-26(37)33-13-16-45-19-20-46-21-22-47-30-29(40)28(39)27(38)24(23-35)48-30/h24,27-30,35,38-40H,2-23H2,1H3,(H,32,36)(H,33,37)(H,34,41)/t24?,27-,28?,29?,30+/m1/s1. The number of rotatable bonds is 30. The van der Waals surface area contributed by atoms with Crippen LogP contribution in [0.3, 0.4) is 0 Å². The minimum absolute atomic E-state index is 0.0183. The molecule has 1 heterocycles. The maximum Gasteiger partial charge on any atom is 0.406 e. The SMILES string of the molecule is COC(=O)NCCCCCC(=O)NCCCOCCOCCCCCC(=O)NCCOCCOCCO[C@H]1OC(CO)[C@@H](O)C(O)C1O. The van der Waals surface area contributed by atoms with E-state index in [0.29, 0.717) is 78.7 Å². The Morgan fingerprint density at radius 2 is 1.12 bits per heavy atom. The Balaban J connectivity index is 1.79. The number of unbranched alkanes of at least 4 members (excludes halogenated alkanes) is 4. The van der Waals surface area contributed by atoms with Gasteiger partial charge in [0.25, 0.3) is 0 Å². The first-order chi connectivity index (χ1) is 23.3. The topological polar surface area (TPSA) is 233 Å². The van der Waals surface area contributed by atoms with Crippen LogP contribution in [-0.4, -0.2) is 162 Å². The summed E-state index contributed by atoms with van der Waals surface area (Å²) >= 11 is 0. The van der Waals surface area contributed by atoms with Gasteiger partial charge in [0.1, 0.15) is 24.4 Å². The molecular weight excluding hydrogens is 638 g/mol. The van der Waals surface area contributed by atoms with Gasteiger partial charge in [-0.25, -0.2) is 4.79 Å². The van der Waals surface area contributed by atoms with Gasteiger partial charge in [-0.3, -0.25) is 9.59 Å². The lowest BCUT2D eigenvalue weighted by Crippen LogP contribution is -2.59. The predicted molar refractivity (Wildman–Crippen MR) is 171 cm³/mol. The average Bonchev–Trinajstić information content (AvgIpc) is 3.08. The maximum absolute atomic E-state index is 11.9. The highest BCUT2D eigenvalue weighted by Gasteiger charge is 2.43. The second-order valence-electron chi connectivity index (χ2n) is 11.1. The number of hydrogen-bond acceptors (Lipinski definition) is 14. The van der Waals surface area contributed by atoms with Gasteiger partial charge in [-0.2, -0.15) is 0 Å². The van der Waals surface area contributed by atoms with E-state index in [4.69, 9.17) is 28.4 Å². The lowest BCUT2D eigenvalue weighted by Gasteiger charge is -2.39. The van der Waals surface area contributed by atoms with Crippen LogP contribution in [0.2, 0.25) is 0 Å². The highest BCUT2D eigenvalue weighted by Crippen LogP contribution is 2.21. The molecule has 282 valence electrons. The van der Waals surface area contributed by atoms with Gasteiger partial charge in [-0.05, 0) is 32.1 Å². The Hall–Kier alpha value is -2.19. The van der Waals surface area contributed by atoms with Crippen molar-refractivity contribution < 1.29 is 68.0 Å². The number of aliphatic hydroxyl groups excluding tert-OH is 4. The van der Waals surface area contributed by atoms with Gasteiger partial charge in [-0.1, -0.05) is 12.8 Å². The van der Waals surface area contributed by atoms with Gasteiger partial charge in [0, 0.05) is 45.7 Å². The third-order valence-corrected chi connectivity index (χ3v) is 7.19. The zero-order chi connectivity index (χ0) is 35.2. The molecule has 17 nitrogen and oxygen atoms in total. The lowest BCUT2D eigenvalue weighted by atomic mass is 9.99. The molecule has 0 bridgehead atoms. The van der Waals surface area contributed by atoms with Crippen molar-refractivity contribution >= 4 is 17.9 Å². The Morgan fingerprint density at radius 1 is 0.583 bits per heavy atom. The van der Waals surface area contributed by atoms with Crippen molar-refractivity contribution in [3.8, 4) is 0 Å². The summed E-state index contributed by atoms with van der Waals surface area (Å²) in [6, 6.07) is 0. The number of nitrogens with one attached hydrogen (secondary N) is 3. The molecule has 7 N–H and O–H groups in total. The molecule has 1 rings (SSSR count). The molecule has 1 saturated heterocycles. The van der Waals surface area contributed by atoms with Crippen LogP contribution in [0, 0.1) is 0 Å². The van der Waals surface area contributed by atoms with Gasteiger partial charge >= 0.3 is 6.09 Å². The van der Waals surface area contributed by atoms with Crippen LogP contribution in [0.4, 0.5) is 4.79 Å². The first-order valence-electron chi connectivity index (χ1n) is 16.9. The average molecular weight is 698 g/mol. The molecule has 3 amide bonds. The fraction of sp³-hybridized carbons (Fsp3) is 0.903. The predicted octanol–water partition coefficient (Wildman–Crippen LogP) is -1.03. The molecule has 48 heavy (non-hydrogen) atoms. The summed E-state index contributed by atoms with van der Waals surface area (Å²) in [7, 11) is 1.32. The summed E-state index contributed by atoms with van der Waals surface area (Å²) in [5.74, 6) is -0.0134. The van der Waals surface area contributed by atoms with Crippen molar-refractivity contribution in [1.82, 2.24) is 16.0 Å². The lowest BCUT2D eigenvalue weighted by molar-refractivity contribution is -0.302. The van der Waals surface area contributed by atoms with Crippen molar-refractivity contribution in [2.24, 2.45) is 0 Å². The molecule has 0 aromatic rings. The number of alkyl carbamates (subject to hydrolysis) is 1. The van der Waals surface area contributed by atoms with Gasteiger partial charge in [-0.15, -0.1) is 0 Å². The molecule has 0 saturated carbocycles. The molecule has 17 heteroatoms. The van der Waals surface area contributed by atoms with Crippen molar-refractivity contribution in [3.05, 3.63) is 0 Å². The first kappa shape index (κ1) is 43.8. The quantitative estimate of drug-likeness (QED) is 0.0445. The highest BCUT2D eigenvalue weighted by molar-refractivity contribution is 5.76. The minimum Gasteiger partial charge on any atom is -0.453 e. The van der Waals surface area contributed by atoms with E-state index in [2.05, 4.69) is 20.7 Å². The summed E-state index contributed by atoms with van der Waals surface area (Å²) in [5.41, 5.74) is 0. The van der Waals surface area contributed by atoms with Crippen LogP contribution in [0.15, 0.2) is 0 Å². The van der Waals surface area contributed by atoms with Crippen LogP contribution in [0.25, 0.3) is 0 Å². The number of aliphatic hydroxyl groups is 4. The molecule has 1 aliphatic rings. The van der Waals surface area contributed by atoms with Crippen LogP contribution in [0.1, 0.15) is 57.8 Å². The Kier molecular flexibility index (Phi) is 27.1. The molecule has 0 aliphatic carbocycles. The summed E-state index contributed by atoms with van der Waals surface area (Å²) < 4.78 is 36.9. The van der Waals surface area contributed by atoms with E-state index in [0.717, 1.165) is 44.9 Å². The third kappa shape index (κ3) is 22.4. The Labute approximate surface area is 283 Å². The normalized spacial score (nSPS) is 20.7. The van der Waals surface area contributed by atoms with Crippen molar-refractivity contribution in [2.45, 2.75) is 88.5 Å². The van der Waals surface area contributed by atoms with Crippen LogP contribution < -0.4 is 16.0 Å². The molecule has 0 aromatic carbocycles. The summed E-state index contributed by atoms with van der Waals surface area (Å²) in [6.07, 6.45) is -0.455. The van der Waals surface area contributed by atoms with Crippen molar-refractivity contribution in [3.63, 3.8) is 0 Å². The van der Waals surface area contributed by atoms with E-state index >= 15 is 0 Å². The molecule has 0 spiro atoms. The second kappa shape index (κ2) is 29.7. The van der Waals surface area contributed by atoms with Crippen LogP contribution in [-0.2, 0) is 42.7 Å². The fourth-order valence-corrected chi connectivity index (χ4v) is 4.43. The minimum atomic E-state index is -1.49. The van der Waals surface area contributed by atoms with E-state index in [-0.39, 0.29) is 25.0 Å². The smallest absolute Gasteiger partial charge is 0.406 e. The van der Waals surface area contributed by atoms with Crippen molar-refractivity contribution in [2.75, 3.05) is 92.8 Å². The van der Waals surface area contributed by atoms with E-state index in [1.54, 1.807) is 0 Å².